The van der Waals surface area contributed by atoms with E-state index >= 15 is 0 Å². The molecule has 5 heteroatoms. The third-order valence-corrected chi connectivity index (χ3v) is 2.40. The summed E-state index contributed by atoms with van der Waals surface area (Å²) in [5, 5.41) is 19.1. The monoisotopic (exact) mass is 236 g/mol. The Kier molecular flexibility index (Phi) is 5.32. The molecule has 0 aliphatic heterocycles. The van der Waals surface area contributed by atoms with Gasteiger partial charge < -0.3 is 15.8 Å². The summed E-state index contributed by atoms with van der Waals surface area (Å²) in [5.74, 6) is -1.30. The predicted octanol–water partition coefficient (Wildman–Crippen LogP) is 1.12. The van der Waals surface area contributed by atoms with Gasteiger partial charge in [-0.3, -0.25) is 9.59 Å². The van der Waals surface area contributed by atoms with Gasteiger partial charge in [0.25, 0.3) is 0 Å². The second kappa shape index (κ2) is 6.78. The maximum absolute atomic E-state index is 11.7. The molecule has 17 heavy (non-hydrogen) atoms. The molecule has 1 aromatic carbocycles. The van der Waals surface area contributed by atoms with Crippen molar-refractivity contribution < 1.29 is 14.7 Å². The SMILES string of the molecule is O=C(O)CC[C@H](N[O-])C(=O)Cc1ccccc1. The molecule has 0 unspecified atom stereocenters. The third-order valence-electron chi connectivity index (χ3n) is 2.40. The number of Topliss-reactive ketones (excluding diaryl/α,β-unsaturated/α-hetero) is 1. The van der Waals surface area contributed by atoms with Crippen LogP contribution in [-0.2, 0) is 16.0 Å². The normalized spacial score (nSPS) is 12.1. The van der Waals surface area contributed by atoms with E-state index in [1.807, 2.05) is 6.07 Å². The summed E-state index contributed by atoms with van der Waals surface area (Å²) in [6.45, 7) is 0. The van der Waals surface area contributed by atoms with E-state index in [-0.39, 0.29) is 25.0 Å². The fraction of sp³-hybridized carbons (Fsp3) is 0.333. The van der Waals surface area contributed by atoms with Crippen molar-refractivity contribution in [2.45, 2.75) is 25.3 Å². The van der Waals surface area contributed by atoms with E-state index in [0.717, 1.165) is 5.56 Å². The van der Waals surface area contributed by atoms with Crippen molar-refractivity contribution in [2.24, 2.45) is 0 Å². The minimum atomic E-state index is -1.02. The number of hydrogen-bond acceptors (Lipinski definition) is 4. The maximum atomic E-state index is 11.7. The number of hydroxylamine groups is 1. The molecule has 0 spiro atoms. The van der Waals surface area contributed by atoms with E-state index < -0.39 is 12.0 Å². The fourth-order valence-electron chi connectivity index (χ4n) is 1.47. The molecular formula is C12H14NO4-. The van der Waals surface area contributed by atoms with Crippen LogP contribution in [0.15, 0.2) is 30.3 Å². The molecule has 0 heterocycles. The van der Waals surface area contributed by atoms with Crippen LogP contribution in [0.2, 0.25) is 0 Å². The van der Waals surface area contributed by atoms with E-state index in [1.165, 1.54) is 0 Å². The van der Waals surface area contributed by atoms with Gasteiger partial charge in [-0.15, -0.1) is 0 Å². The van der Waals surface area contributed by atoms with E-state index in [1.54, 1.807) is 29.7 Å². The quantitative estimate of drug-likeness (QED) is 0.692. The van der Waals surface area contributed by atoms with Crippen molar-refractivity contribution >= 4 is 11.8 Å². The van der Waals surface area contributed by atoms with Crippen molar-refractivity contribution in [3.05, 3.63) is 41.1 Å². The van der Waals surface area contributed by atoms with Crippen LogP contribution in [0.4, 0.5) is 0 Å². The first kappa shape index (κ1) is 13.3. The summed E-state index contributed by atoms with van der Waals surface area (Å²) < 4.78 is 0. The van der Waals surface area contributed by atoms with E-state index in [9.17, 15) is 14.8 Å². The van der Waals surface area contributed by atoms with Crippen molar-refractivity contribution in [3.63, 3.8) is 0 Å². The molecule has 0 fully saturated rings. The van der Waals surface area contributed by atoms with E-state index in [2.05, 4.69) is 0 Å². The zero-order valence-corrected chi connectivity index (χ0v) is 9.26. The number of aliphatic carboxylic acids is 1. The van der Waals surface area contributed by atoms with Gasteiger partial charge in [0.1, 0.15) is 0 Å². The first-order valence-corrected chi connectivity index (χ1v) is 5.29. The largest absolute Gasteiger partial charge is 0.787 e. The number of carbonyl (C=O) groups is 2. The van der Waals surface area contributed by atoms with Gasteiger partial charge >= 0.3 is 5.97 Å². The Balaban J connectivity index is 2.52. The van der Waals surface area contributed by atoms with E-state index in [4.69, 9.17) is 5.11 Å². The average Bonchev–Trinajstić information content (AvgIpc) is 2.30. The van der Waals surface area contributed by atoms with Crippen molar-refractivity contribution in [1.29, 1.82) is 0 Å². The lowest BCUT2D eigenvalue weighted by Crippen LogP contribution is -2.34. The minimum absolute atomic E-state index is 0.0184. The van der Waals surface area contributed by atoms with Crippen LogP contribution in [0.3, 0.4) is 0 Å². The summed E-state index contributed by atoms with van der Waals surface area (Å²) in [4.78, 5) is 22.1. The number of rotatable bonds is 7. The van der Waals surface area contributed by atoms with Gasteiger partial charge in [0.2, 0.25) is 0 Å². The molecule has 0 aromatic heterocycles. The Hall–Kier alpha value is -1.72. The molecule has 0 saturated heterocycles. The van der Waals surface area contributed by atoms with Gasteiger partial charge in [0, 0.05) is 12.8 Å². The first-order valence-electron chi connectivity index (χ1n) is 5.29. The lowest BCUT2D eigenvalue weighted by molar-refractivity contribution is -0.137. The van der Waals surface area contributed by atoms with Crippen LogP contribution in [0.25, 0.3) is 0 Å². The van der Waals surface area contributed by atoms with Crippen LogP contribution in [0.5, 0.6) is 0 Å². The lowest BCUT2D eigenvalue weighted by Gasteiger charge is -2.20. The third kappa shape index (κ3) is 4.76. The molecule has 92 valence electrons. The average molecular weight is 236 g/mol. The predicted molar refractivity (Wildman–Crippen MR) is 62.3 cm³/mol. The zero-order chi connectivity index (χ0) is 12.7. The van der Waals surface area contributed by atoms with Gasteiger partial charge in [-0.1, -0.05) is 30.3 Å². The van der Waals surface area contributed by atoms with Gasteiger partial charge in [0.15, 0.2) is 5.78 Å². The second-order valence-corrected chi connectivity index (χ2v) is 3.73. The standard InChI is InChI=1S/C12H14NO4/c14-11(8-9-4-2-1-3-5-9)10(13-17)6-7-12(15)16/h1-5,10,13H,6-8H2,(H,15,16)/q-1/t10-/m0/s1. The van der Waals surface area contributed by atoms with Gasteiger partial charge in [0.05, 0.1) is 6.04 Å². The van der Waals surface area contributed by atoms with E-state index in [0.29, 0.717) is 0 Å². The molecule has 0 aliphatic carbocycles. The highest BCUT2D eigenvalue weighted by molar-refractivity contribution is 5.86. The van der Waals surface area contributed by atoms with Crippen molar-refractivity contribution in [3.8, 4) is 0 Å². The van der Waals surface area contributed by atoms with Crippen LogP contribution < -0.4 is 5.48 Å². The highest BCUT2D eigenvalue weighted by Gasteiger charge is 2.15. The molecule has 0 radical (unpaired) electrons. The zero-order valence-electron chi connectivity index (χ0n) is 9.26. The Bertz CT molecular complexity index is 377. The summed E-state index contributed by atoms with van der Waals surface area (Å²) in [7, 11) is 0. The molecule has 1 aromatic rings. The molecule has 0 aliphatic rings. The van der Waals surface area contributed by atoms with Crippen LogP contribution in [-0.4, -0.2) is 22.9 Å². The topological polar surface area (TPSA) is 89.5 Å². The summed E-state index contributed by atoms with van der Waals surface area (Å²) >= 11 is 0. The minimum Gasteiger partial charge on any atom is -0.787 e. The second-order valence-electron chi connectivity index (χ2n) is 3.73. The number of hydrogen-bond donors (Lipinski definition) is 2. The molecular weight excluding hydrogens is 222 g/mol. The Morgan fingerprint density at radius 3 is 2.47 bits per heavy atom. The summed E-state index contributed by atoms with van der Waals surface area (Å²) in [6, 6.07) is 8.08. The molecule has 1 rings (SSSR count). The first-order chi connectivity index (χ1) is 8.13. The smallest absolute Gasteiger partial charge is 0.303 e. The Morgan fingerprint density at radius 1 is 1.29 bits per heavy atom. The highest BCUT2D eigenvalue weighted by atomic mass is 16.5. The van der Waals surface area contributed by atoms with Crippen molar-refractivity contribution in [2.75, 3.05) is 0 Å². The molecule has 0 amide bonds. The number of nitrogens with one attached hydrogen (secondary N) is 1. The van der Waals surface area contributed by atoms with Crippen LogP contribution >= 0.6 is 0 Å². The van der Waals surface area contributed by atoms with Crippen molar-refractivity contribution in [1.82, 2.24) is 5.48 Å². The number of carboxylic acid groups (broad SMARTS) is 1. The highest BCUT2D eigenvalue weighted by Crippen LogP contribution is 2.06. The number of carboxylic acids is 1. The Labute approximate surface area is 99.0 Å². The maximum Gasteiger partial charge on any atom is 0.303 e. The summed E-state index contributed by atoms with van der Waals surface area (Å²) in [6.07, 6.45) is -0.0364. The molecule has 0 saturated carbocycles. The van der Waals surface area contributed by atoms with Gasteiger partial charge in [-0.05, 0) is 12.0 Å². The number of benzene rings is 1. The van der Waals surface area contributed by atoms with Gasteiger partial charge in [-0.2, -0.15) is 0 Å². The number of ketones is 1. The van der Waals surface area contributed by atoms with Gasteiger partial charge in [-0.25, -0.2) is 0 Å². The van der Waals surface area contributed by atoms with Crippen LogP contribution in [0.1, 0.15) is 18.4 Å². The molecule has 5 nitrogen and oxygen atoms in total. The Morgan fingerprint density at radius 2 is 1.94 bits per heavy atom. The van der Waals surface area contributed by atoms with Crippen LogP contribution in [0, 0.1) is 5.21 Å². The molecule has 0 bridgehead atoms. The number of carbonyl (C=O) groups excluding carboxylic acids is 1. The summed E-state index contributed by atoms with van der Waals surface area (Å²) in [5.41, 5.74) is 2.43. The lowest BCUT2D eigenvalue weighted by atomic mass is 10.0. The molecule has 2 N–H and O–H groups in total. The molecule has 1 atom stereocenters. The fourth-order valence-corrected chi connectivity index (χ4v) is 1.47.